The SMILES string of the molecule is CCCC(C)Nc1ccc(C(=O)c2ccccc2C(=O)OC)cc1[N+](=O)[O-]. The van der Waals surface area contributed by atoms with Crippen LogP contribution in [0, 0.1) is 10.1 Å². The van der Waals surface area contributed by atoms with E-state index in [0.29, 0.717) is 5.69 Å². The molecule has 0 fully saturated rings. The van der Waals surface area contributed by atoms with Gasteiger partial charge in [0.1, 0.15) is 5.69 Å². The molecule has 0 aliphatic carbocycles. The van der Waals surface area contributed by atoms with Gasteiger partial charge in [0, 0.05) is 23.2 Å². The Bertz CT molecular complexity index is 863. The number of rotatable bonds is 8. The number of benzene rings is 2. The minimum absolute atomic E-state index is 0.0651. The number of nitrogens with one attached hydrogen (secondary N) is 1. The Morgan fingerprint density at radius 1 is 1.19 bits per heavy atom. The van der Waals surface area contributed by atoms with Gasteiger partial charge in [-0.05, 0) is 31.5 Å². The zero-order chi connectivity index (χ0) is 20.0. The lowest BCUT2D eigenvalue weighted by Gasteiger charge is -2.15. The van der Waals surface area contributed by atoms with Crippen molar-refractivity contribution in [2.45, 2.75) is 32.7 Å². The van der Waals surface area contributed by atoms with Gasteiger partial charge in [0.25, 0.3) is 5.69 Å². The lowest BCUT2D eigenvalue weighted by molar-refractivity contribution is -0.384. The Balaban J connectivity index is 2.42. The van der Waals surface area contributed by atoms with Gasteiger partial charge in [0.2, 0.25) is 0 Å². The molecule has 0 spiro atoms. The molecule has 7 heteroatoms. The summed E-state index contributed by atoms with van der Waals surface area (Å²) in [5, 5.41) is 14.6. The Hall–Kier alpha value is -3.22. The molecule has 0 saturated heterocycles. The van der Waals surface area contributed by atoms with Crippen molar-refractivity contribution in [2.24, 2.45) is 0 Å². The van der Waals surface area contributed by atoms with Crippen molar-refractivity contribution < 1.29 is 19.2 Å². The highest BCUT2D eigenvalue weighted by atomic mass is 16.6. The van der Waals surface area contributed by atoms with Gasteiger partial charge in [-0.3, -0.25) is 14.9 Å². The van der Waals surface area contributed by atoms with Crippen LogP contribution in [0.25, 0.3) is 0 Å². The molecule has 0 aromatic heterocycles. The Kier molecular flexibility index (Phi) is 6.65. The van der Waals surface area contributed by atoms with Crippen molar-refractivity contribution in [3.8, 4) is 0 Å². The third-order valence-corrected chi connectivity index (χ3v) is 4.16. The van der Waals surface area contributed by atoms with Crippen LogP contribution < -0.4 is 5.32 Å². The van der Waals surface area contributed by atoms with Crippen LogP contribution in [0.2, 0.25) is 0 Å². The zero-order valence-electron chi connectivity index (χ0n) is 15.5. The standard InChI is InChI=1S/C20H22N2O5/c1-4-7-13(2)21-17-11-10-14(12-18(17)22(25)26)19(23)15-8-5-6-9-16(15)20(24)27-3/h5-6,8-13,21H,4,7H2,1-3H3. The second-order valence-corrected chi connectivity index (χ2v) is 6.19. The fourth-order valence-corrected chi connectivity index (χ4v) is 2.84. The zero-order valence-corrected chi connectivity index (χ0v) is 15.5. The van der Waals surface area contributed by atoms with Gasteiger partial charge in [-0.15, -0.1) is 0 Å². The summed E-state index contributed by atoms with van der Waals surface area (Å²) in [6, 6.07) is 10.6. The molecule has 2 rings (SSSR count). The van der Waals surface area contributed by atoms with Crippen LogP contribution in [0.4, 0.5) is 11.4 Å². The summed E-state index contributed by atoms with van der Waals surface area (Å²) in [5.74, 6) is -1.12. The third kappa shape index (κ3) is 4.69. The fourth-order valence-electron chi connectivity index (χ4n) is 2.84. The normalized spacial score (nSPS) is 11.5. The van der Waals surface area contributed by atoms with Gasteiger partial charge in [-0.2, -0.15) is 0 Å². The number of carbonyl (C=O) groups excluding carboxylic acids is 2. The Morgan fingerprint density at radius 3 is 2.44 bits per heavy atom. The lowest BCUT2D eigenvalue weighted by Crippen LogP contribution is -2.16. The largest absolute Gasteiger partial charge is 0.465 e. The summed E-state index contributed by atoms with van der Waals surface area (Å²) < 4.78 is 4.70. The maximum absolute atomic E-state index is 12.8. The molecular weight excluding hydrogens is 348 g/mol. The van der Waals surface area contributed by atoms with Gasteiger partial charge in [0.05, 0.1) is 17.6 Å². The van der Waals surface area contributed by atoms with Crippen LogP contribution in [-0.2, 0) is 4.74 Å². The minimum Gasteiger partial charge on any atom is -0.465 e. The smallest absolute Gasteiger partial charge is 0.338 e. The van der Waals surface area contributed by atoms with E-state index in [0.717, 1.165) is 12.8 Å². The van der Waals surface area contributed by atoms with Crippen LogP contribution in [-0.4, -0.2) is 29.8 Å². The lowest BCUT2D eigenvalue weighted by atomic mass is 9.97. The van der Waals surface area contributed by atoms with E-state index in [-0.39, 0.29) is 28.4 Å². The van der Waals surface area contributed by atoms with E-state index in [1.165, 1.54) is 37.4 Å². The van der Waals surface area contributed by atoms with Crippen molar-refractivity contribution in [2.75, 3.05) is 12.4 Å². The highest BCUT2D eigenvalue weighted by Crippen LogP contribution is 2.28. The molecular formula is C20H22N2O5. The molecule has 142 valence electrons. The van der Waals surface area contributed by atoms with Gasteiger partial charge in [-0.1, -0.05) is 31.5 Å². The van der Waals surface area contributed by atoms with Crippen LogP contribution in [0.15, 0.2) is 42.5 Å². The van der Waals surface area contributed by atoms with Crippen molar-refractivity contribution in [1.82, 2.24) is 0 Å². The van der Waals surface area contributed by atoms with Gasteiger partial charge in [-0.25, -0.2) is 4.79 Å². The molecule has 1 unspecified atom stereocenters. The third-order valence-electron chi connectivity index (χ3n) is 4.16. The van der Waals surface area contributed by atoms with Crippen LogP contribution in [0.3, 0.4) is 0 Å². The van der Waals surface area contributed by atoms with Crippen LogP contribution in [0.1, 0.15) is 53.0 Å². The average Bonchev–Trinajstić information content (AvgIpc) is 2.67. The van der Waals surface area contributed by atoms with E-state index in [4.69, 9.17) is 4.74 Å². The van der Waals surface area contributed by atoms with Crippen molar-refractivity contribution in [3.63, 3.8) is 0 Å². The quantitative estimate of drug-likeness (QED) is 0.323. The average molecular weight is 370 g/mol. The number of nitro benzene ring substituents is 1. The van der Waals surface area contributed by atoms with E-state index in [9.17, 15) is 19.7 Å². The number of nitro groups is 1. The minimum atomic E-state index is -0.639. The molecule has 1 N–H and O–H groups in total. The molecule has 0 saturated carbocycles. The summed E-state index contributed by atoms with van der Waals surface area (Å²) in [4.78, 5) is 35.7. The first-order valence-corrected chi connectivity index (χ1v) is 8.66. The molecule has 2 aromatic carbocycles. The molecule has 2 aromatic rings. The van der Waals surface area contributed by atoms with E-state index in [1.54, 1.807) is 12.1 Å². The summed E-state index contributed by atoms with van der Waals surface area (Å²) in [5.41, 5.74) is 0.565. The molecule has 0 aliphatic rings. The highest BCUT2D eigenvalue weighted by Gasteiger charge is 2.22. The van der Waals surface area contributed by atoms with Crippen LogP contribution >= 0.6 is 0 Å². The predicted molar refractivity (Wildman–Crippen MR) is 102 cm³/mol. The van der Waals surface area contributed by atoms with E-state index < -0.39 is 16.7 Å². The maximum Gasteiger partial charge on any atom is 0.338 e. The molecule has 27 heavy (non-hydrogen) atoms. The summed E-state index contributed by atoms with van der Waals surface area (Å²) in [7, 11) is 1.23. The summed E-state index contributed by atoms with van der Waals surface area (Å²) >= 11 is 0. The summed E-state index contributed by atoms with van der Waals surface area (Å²) in [6.45, 7) is 3.98. The number of ketones is 1. The van der Waals surface area contributed by atoms with Crippen molar-refractivity contribution in [1.29, 1.82) is 0 Å². The molecule has 0 amide bonds. The number of hydrogen-bond donors (Lipinski definition) is 1. The second kappa shape index (κ2) is 8.93. The van der Waals surface area contributed by atoms with E-state index in [1.807, 2.05) is 13.8 Å². The molecule has 0 heterocycles. The molecule has 0 aliphatic heterocycles. The Labute approximate surface area is 157 Å². The van der Waals surface area contributed by atoms with Crippen LogP contribution in [0.5, 0.6) is 0 Å². The molecule has 7 nitrogen and oxygen atoms in total. The van der Waals surface area contributed by atoms with Crippen molar-refractivity contribution >= 4 is 23.1 Å². The highest BCUT2D eigenvalue weighted by molar-refractivity contribution is 6.14. The maximum atomic E-state index is 12.8. The van der Waals surface area contributed by atoms with E-state index in [2.05, 4.69) is 5.32 Å². The first-order chi connectivity index (χ1) is 12.9. The second-order valence-electron chi connectivity index (χ2n) is 6.19. The number of nitrogens with zero attached hydrogens (tertiary/aromatic N) is 1. The number of hydrogen-bond acceptors (Lipinski definition) is 6. The summed E-state index contributed by atoms with van der Waals surface area (Å²) in [6.07, 6.45) is 1.81. The predicted octanol–water partition coefficient (Wildman–Crippen LogP) is 4.21. The fraction of sp³-hybridized carbons (Fsp3) is 0.300. The number of ether oxygens (including phenoxy) is 1. The molecule has 0 bridgehead atoms. The molecule has 1 atom stereocenters. The first-order valence-electron chi connectivity index (χ1n) is 8.66. The van der Waals surface area contributed by atoms with Gasteiger partial charge >= 0.3 is 5.97 Å². The van der Waals surface area contributed by atoms with Gasteiger partial charge < -0.3 is 10.1 Å². The first kappa shape index (κ1) is 20.1. The van der Waals surface area contributed by atoms with E-state index >= 15 is 0 Å². The Morgan fingerprint density at radius 2 is 1.85 bits per heavy atom. The molecule has 0 radical (unpaired) electrons. The number of anilines is 1. The van der Waals surface area contributed by atoms with Crippen molar-refractivity contribution in [3.05, 3.63) is 69.3 Å². The topological polar surface area (TPSA) is 98.5 Å². The number of methoxy groups -OCH3 is 1. The monoisotopic (exact) mass is 370 g/mol. The number of esters is 1. The number of carbonyl (C=O) groups is 2. The van der Waals surface area contributed by atoms with Gasteiger partial charge in [0.15, 0.2) is 5.78 Å².